The average molecular weight is 704 g/mol. The lowest BCUT2D eigenvalue weighted by molar-refractivity contribution is 0.0480. The number of H-pyrrole nitrogens is 1. The Hall–Kier alpha value is -6.06. The molecule has 0 aliphatic heterocycles. The van der Waals surface area contributed by atoms with Crippen molar-refractivity contribution in [2.45, 2.75) is 46.3 Å². The molecule has 3 aromatic heterocycles. The van der Waals surface area contributed by atoms with Gasteiger partial charge in [-0.1, -0.05) is 99.6 Å². The molecular formula is C44H45N7O2. The van der Waals surface area contributed by atoms with Crippen LogP contribution in [0.5, 0.6) is 11.5 Å². The molecule has 4 aromatic carbocycles. The molecule has 9 heteroatoms. The third kappa shape index (κ3) is 8.54. The number of rotatable bonds is 14. The molecule has 0 bridgehead atoms. The summed E-state index contributed by atoms with van der Waals surface area (Å²) in [6.45, 7) is 9.04. The van der Waals surface area contributed by atoms with Gasteiger partial charge in [-0.3, -0.25) is 14.9 Å². The van der Waals surface area contributed by atoms with Gasteiger partial charge in [-0.05, 0) is 66.4 Å². The van der Waals surface area contributed by atoms with Crippen molar-refractivity contribution in [1.29, 1.82) is 0 Å². The van der Waals surface area contributed by atoms with Crippen LogP contribution in [0.2, 0.25) is 0 Å². The summed E-state index contributed by atoms with van der Waals surface area (Å²) in [5.74, 6) is 2.25. The van der Waals surface area contributed by atoms with Crippen LogP contribution >= 0.6 is 0 Å². The van der Waals surface area contributed by atoms with Crippen LogP contribution in [0.4, 0.5) is 0 Å². The van der Waals surface area contributed by atoms with E-state index in [-0.39, 0.29) is 17.4 Å². The molecule has 268 valence electrons. The van der Waals surface area contributed by atoms with Gasteiger partial charge >= 0.3 is 0 Å². The number of hydrogen-bond donors (Lipinski definition) is 2. The Morgan fingerprint density at radius 2 is 1.62 bits per heavy atom. The van der Waals surface area contributed by atoms with Gasteiger partial charge in [0.05, 0.1) is 29.1 Å². The van der Waals surface area contributed by atoms with Crippen molar-refractivity contribution in [3.63, 3.8) is 0 Å². The summed E-state index contributed by atoms with van der Waals surface area (Å²) in [5.41, 5.74) is 5.27. The molecule has 0 radical (unpaired) electrons. The fourth-order valence-electron chi connectivity index (χ4n) is 6.76. The van der Waals surface area contributed by atoms with Gasteiger partial charge in [0, 0.05) is 48.5 Å². The summed E-state index contributed by atoms with van der Waals surface area (Å²) < 4.78 is 8.25. The van der Waals surface area contributed by atoms with Crippen LogP contribution < -0.4 is 10.1 Å². The number of amides is 1. The zero-order valence-electron chi connectivity index (χ0n) is 30.4. The van der Waals surface area contributed by atoms with E-state index in [4.69, 9.17) is 9.72 Å². The SMILES string of the molecule is CC(C)(C)[C@H](c1nc(-c2ccccc2)cn1Cc1ccccc1)N(CCCNCc1[nH]nc2ccc(Oc3cccnc3)cc12)C(=O)c1ccccc1. The van der Waals surface area contributed by atoms with Gasteiger partial charge in [-0.15, -0.1) is 0 Å². The highest BCUT2D eigenvalue weighted by Crippen LogP contribution is 2.40. The minimum absolute atomic E-state index is 0.0123. The lowest BCUT2D eigenvalue weighted by Crippen LogP contribution is -2.43. The molecule has 0 fully saturated rings. The quantitative estimate of drug-likeness (QED) is 0.110. The Morgan fingerprint density at radius 1 is 0.887 bits per heavy atom. The van der Waals surface area contributed by atoms with Crippen molar-refractivity contribution in [2.24, 2.45) is 5.41 Å². The Morgan fingerprint density at radius 3 is 2.34 bits per heavy atom. The number of aromatic nitrogens is 5. The number of aromatic amines is 1. The molecule has 0 spiro atoms. The number of benzene rings is 4. The van der Waals surface area contributed by atoms with Crippen molar-refractivity contribution in [3.05, 3.63) is 163 Å². The maximum atomic E-state index is 14.6. The minimum Gasteiger partial charge on any atom is -0.456 e. The van der Waals surface area contributed by atoms with Gasteiger partial charge < -0.3 is 19.5 Å². The first-order valence-corrected chi connectivity index (χ1v) is 18.1. The monoisotopic (exact) mass is 703 g/mol. The first-order chi connectivity index (χ1) is 25.8. The molecule has 1 atom stereocenters. The van der Waals surface area contributed by atoms with Crippen molar-refractivity contribution >= 4 is 16.8 Å². The second-order valence-corrected chi connectivity index (χ2v) is 14.3. The summed E-state index contributed by atoms with van der Waals surface area (Å²) in [6, 6.07) is 39.5. The van der Waals surface area contributed by atoms with E-state index in [9.17, 15) is 4.79 Å². The molecule has 7 rings (SSSR count). The molecule has 9 nitrogen and oxygen atoms in total. The van der Waals surface area contributed by atoms with Gasteiger partial charge in [0.2, 0.25) is 0 Å². The topological polar surface area (TPSA) is 101 Å². The van der Waals surface area contributed by atoms with Crippen LogP contribution in [0.25, 0.3) is 22.2 Å². The van der Waals surface area contributed by atoms with E-state index in [2.05, 4.69) is 88.4 Å². The van der Waals surface area contributed by atoms with E-state index in [0.29, 0.717) is 37.5 Å². The van der Waals surface area contributed by atoms with Crippen LogP contribution in [0.1, 0.15) is 60.7 Å². The van der Waals surface area contributed by atoms with E-state index in [1.54, 1.807) is 12.4 Å². The van der Waals surface area contributed by atoms with Crippen molar-refractivity contribution in [3.8, 4) is 22.8 Å². The molecular weight excluding hydrogens is 659 g/mol. The lowest BCUT2D eigenvalue weighted by atomic mass is 9.84. The van der Waals surface area contributed by atoms with Crippen LogP contribution in [0.15, 0.2) is 140 Å². The Labute approximate surface area is 310 Å². The molecule has 0 aliphatic rings. The van der Waals surface area contributed by atoms with Gasteiger partial charge in [0.15, 0.2) is 0 Å². The van der Waals surface area contributed by atoms with Gasteiger partial charge in [-0.2, -0.15) is 5.10 Å². The summed E-state index contributed by atoms with van der Waals surface area (Å²) in [4.78, 5) is 26.0. The predicted molar refractivity (Wildman–Crippen MR) is 210 cm³/mol. The number of carbonyl (C=O) groups excluding carboxylic acids is 1. The normalized spacial score (nSPS) is 12.1. The fraction of sp³-hybridized carbons (Fsp3) is 0.227. The second kappa shape index (κ2) is 16.1. The molecule has 1 amide bonds. The largest absolute Gasteiger partial charge is 0.456 e. The Kier molecular flexibility index (Phi) is 10.7. The van der Waals surface area contributed by atoms with Crippen molar-refractivity contribution in [2.75, 3.05) is 13.1 Å². The second-order valence-electron chi connectivity index (χ2n) is 14.3. The number of nitrogens with zero attached hydrogens (tertiary/aromatic N) is 5. The predicted octanol–water partition coefficient (Wildman–Crippen LogP) is 9.07. The van der Waals surface area contributed by atoms with E-state index in [1.807, 2.05) is 89.8 Å². The summed E-state index contributed by atoms with van der Waals surface area (Å²) in [5, 5.41) is 12.3. The zero-order chi connectivity index (χ0) is 36.6. The third-order valence-electron chi connectivity index (χ3n) is 9.26. The number of pyridine rings is 1. The van der Waals surface area contributed by atoms with E-state index < -0.39 is 0 Å². The summed E-state index contributed by atoms with van der Waals surface area (Å²) >= 11 is 0. The number of ether oxygens (including phenoxy) is 1. The van der Waals surface area contributed by atoms with Crippen LogP contribution in [-0.2, 0) is 13.1 Å². The van der Waals surface area contributed by atoms with E-state index in [0.717, 1.165) is 45.8 Å². The average Bonchev–Trinajstić information content (AvgIpc) is 3.78. The van der Waals surface area contributed by atoms with Gasteiger partial charge in [0.1, 0.15) is 17.3 Å². The number of nitrogens with one attached hydrogen (secondary N) is 2. The molecule has 0 unspecified atom stereocenters. The number of imidazole rings is 1. The van der Waals surface area contributed by atoms with Crippen LogP contribution in [0.3, 0.4) is 0 Å². The highest BCUT2D eigenvalue weighted by atomic mass is 16.5. The molecule has 53 heavy (non-hydrogen) atoms. The van der Waals surface area contributed by atoms with Gasteiger partial charge in [-0.25, -0.2) is 4.98 Å². The first-order valence-electron chi connectivity index (χ1n) is 18.1. The molecule has 3 heterocycles. The number of hydrogen-bond acceptors (Lipinski definition) is 6. The summed E-state index contributed by atoms with van der Waals surface area (Å²) in [7, 11) is 0. The standard InChI is InChI=1S/C44H45N7O2/c1-44(2,3)41(42-47-40(33-17-9-5-10-18-33)31-50(42)30-32-15-7-4-8-16-32)51(43(52)34-19-11-6-12-20-34)26-14-25-46-29-39-37-27-35(22-23-38(37)48-49-39)53-36-21-13-24-45-28-36/h4-13,15-24,27-28,31,41,46H,14,25-26,29-30H2,1-3H3,(H,48,49)/t41-/m0/s1. The Bertz CT molecular complexity index is 2230. The minimum atomic E-state index is -0.337. The molecule has 0 saturated carbocycles. The van der Waals surface area contributed by atoms with E-state index >= 15 is 0 Å². The third-order valence-corrected chi connectivity index (χ3v) is 9.26. The Balaban J connectivity index is 1.14. The van der Waals surface area contributed by atoms with Crippen LogP contribution in [0, 0.1) is 5.41 Å². The highest BCUT2D eigenvalue weighted by molar-refractivity contribution is 5.94. The molecule has 0 aliphatic carbocycles. The maximum Gasteiger partial charge on any atom is 0.254 e. The fourth-order valence-corrected chi connectivity index (χ4v) is 6.76. The van der Waals surface area contributed by atoms with Crippen molar-refractivity contribution in [1.82, 2.24) is 34.9 Å². The molecule has 7 aromatic rings. The van der Waals surface area contributed by atoms with E-state index in [1.165, 1.54) is 5.56 Å². The summed E-state index contributed by atoms with van der Waals surface area (Å²) in [6.07, 6.45) is 6.28. The highest BCUT2D eigenvalue weighted by Gasteiger charge is 2.38. The zero-order valence-corrected chi connectivity index (χ0v) is 30.4. The lowest BCUT2D eigenvalue weighted by Gasteiger charge is -2.40. The molecule has 0 saturated heterocycles. The number of carbonyl (C=O) groups is 1. The van der Waals surface area contributed by atoms with Gasteiger partial charge in [0.25, 0.3) is 5.91 Å². The van der Waals surface area contributed by atoms with Crippen LogP contribution in [-0.4, -0.2) is 48.6 Å². The smallest absolute Gasteiger partial charge is 0.254 e. The number of fused-ring (bicyclic) bond motifs is 1. The van der Waals surface area contributed by atoms with Crippen molar-refractivity contribution < 1.29 is 9.53 Å². The first kappa shape index (κ1) is 35.3. The maximum absolute atomic E-state index is 14.6. The molecule has 2 N–H and O–H groups in total.